The molecule has 0 radical (unpaired) electrons. The minimum Gasteiger partial charge on any atom is -0.497 e. The maximum Gasteiger partial charge on any atom is 0.269 e. The number of nitrogens with zero attached hydrogens (tertiary/aromatic N) is 1. The van der Waals surface area contributed by atoms with Crippen molar-refractivity contribution in [2.45, 2.75) is 4.90 Å². The van der Waals surface area contributed by atoms with Gasteiger partial charge in [-0.25, -0.2) is 13.4 Å². The van der Waals surface area contributed by atoms with Crippen molar-refractivity contribution in [1.29, 1.82) is 0 Å². The molecule has 2 N–H and O–H groups in total. The molecule has 0 unspecified atom stereocenters. The summed E-state index contributed by atoms with van der Waals surface area (Å²) in [4.78, 5) is 16.7. The van der Waals surface area contributed by atoms with E-state index in [4.69, 9.17) is 4.74 Å². The van der Waals surface area contributed by atoms with Gasteiger partial charge in [0.15, 0.2) is 9.84 Å². The van der Waals surface area contributed by atoms with Crippen LogP contribution in [0.1, 0.15) is 10.4 Å². The molecule has 0 atom stereocenters. The van der Waals surface area contributed by atoms with Gasteiger partial charge in [-0.3, -0.25) is 15.6 Å². The highest BCUT2D eigenvalue weighted by Crippen LogP contribution is 2.28. The predicted molar refractivity (Wildman–Crippen MR) is 96.8 cm³/mol. The topological polar surface area (TPSA) is 97.4 Å². The van der Waals surface area contributed by atoms with Crippen LogP contribution in [-0.4, -0.2) is 32.7 Å². The fraction of sp³-hybridized carbons (Fsp3) is 0.125. The van der Waals surface area contributed by atoms with Crippen molar-refractivity contribution in [3.8, 4) is 5.75 Å². The molecule has 2 aromatic carbocycles. The van der Waals surface area contributed by atoms with E-state index in [0.717, 1.165) is 22.2 Å². The summed E-state index contributed by atoms with van der Waals surface area (Å²) < 4.78 is 28.9. The number of hydrazine groups is 1. The van der Waals surface area contributed by atoms with E-state index >= 15 is 0 Å². The molecule has 0 bridgehead atoms. The van der Waals surface area contributed by atoms with Crippen LogP contribution in [0.15, 0.2) is 47.4 Å². The normalized spacial score (nSPS) is 11.3. The van der Waals surface area contributed by atoms with Gasteiger partial charge in [0.2, 0.25) is 5.13 Å². The molecule has 9 heteroatoms. The molecular weight excluding hydrogens is 362 g/mol. The lowest BCUT2D eigenvalue weighted by molar-refractivity contribution is 0.0962. The van der Waals surface area contributed by atoms with Gasteiger partial charge >= 0.3 is 0 Å². The zero-order valence-electron chi connectivity index (χ0n) is 13.4. The molecule has 130 valence electrons. The maximum atomic E-state index is 12.1. The van der Waals surface area contributed by atoms with E-state index in [1.54, 1.807) is 7.11 Å². The van der Waals surface area contributed by atoms with Crippen molar-refractivity contribution in [2.24, 2.45) is 0 Å². The number of aromatic nitrogens is 1. The summed E-state index contributed by atoms with van der Waals surface area (Å²) >= 11 is 1.37. The van der Waals surface area contributed by atoms with Crippen molar-refractivity contribution < 1.29 is 17.9 Å². The fourth-order valence-electron chi connectivity index (χ4n) is 2.12. The molecule has 0 spiro atoms. The summed E-state index contributed by atoms with van der Waals surface area (Å²) in [6.07, 6.45) is 1.12. The molecule has 25 heavy (non-hydrogen) atoms. The minimum absolute atomic E-state index is 0.164. The Balaban J connectivity index is 1.69. The van der Waals surface area contributed by atoms with Crippen LogP contribution in [0.25, 0.3) is 10.2 Å². The van der Waals surface area contributed by atoms with Crippen LogP contribution in [0.2, 0.25) is 0 Å². The second kappa shape index (κ2) is 6.69. The molecule has 0 saturated carbocycles. The van der Waals surface area contributed by atoms with Crippen molar-refractivity contribution >= 4 is 42.4 Å². The van der Waals surface area contributed by atoms with Crippen molar-refractivity contribution in [2.75, 3.05) is 18.8 Å². The Morgan fingerprint density at radius 1 is 1.16 bits per heavy atom. The summed E-state index contributed by atoms with van der Waals surface area (Å²) in [6.45, 7) is 0. The fourth-order valence-corrected chi connectivity index (χ4v) is 3.60. The van der Waals surface area contributed by atoms with Crippen LogP contribution >= 0.6 is 11.3 Å². The van der Waals surface area contributed by atoms with Crippen LogP contribution in [0.3, 0.4) is 0 Å². The van der Waals surface area contributed by atoms with E-state index in [0.29, 0.717) is 10.7 Å². The number of anilines is 1. The van der Waals surface area contributed by atoms with Gasteiger partial charge in [-0.2, -0.15) is 0 Å². The minimum atomic E-state index is -3.29. The van der Waals surface area contributed by atoms with Crippen molar-refractivity contribution in [1.82, 2.24) is 10.4 Å². The number of carbonyl (C=O) groups is 1. The number of rotatable bonds is 5. The summed E-state index contributed by atoms with van der Waals surface area (Å²) in [5, 5.41) is 0.532. The SMILES string of the molecule is COc1ccc2nc(NNC(=O)c3ccc(S(C)(=O)=O)cc3)sc2c1. The molecule has 0 aliphatic rings. The number of nitrogens with one attached hydrogen (secondary N) is 2. The third-order valence-electron chi connectivity index (χ3n) is 3.42. The second-order valence-electron chi connectivity index (χ2n) is 5.23. The molecule has 3 aromatic rings. The Labute approximate surface area is 148 Å². The Morgan fingerprint density at radius 3 is 2.52 bits per heavy atom. The number of amides is 1. The average Bonchev–Trinajstić information content (AvgIpc) is 3.00. The van der Waals surface area contributed by atoms with Gasteiger partial charge in [0.05, 0.1) is 22.2 Å². The Bertz CT molecular complexity index is 1030. The van der Waals surface area contributed by atoms with E-state index < -0.39 is 15.7 Å². The first-order chi connectivity index (χ1) is 11.9. The lowest BCUT2D eigenvalue weighted by Gasteiger charge is -2.06. The number of methoxy groups -OCH3 is 1. The zero-order chi connectivity index (χ0) is 18.0. The lowest BCUT2D eigenvalue weighted by Crippen LogP contribution is -2.29. The van der Waals surface area contributed by atoms with Gasteiger partial charge in [0, 0.05) is 11.8 Å². The van der Waals surface area contributed by atoms with Crippen LogP contribution in [-0.2, 0) is 9.84 Å². The monoisotopic (exact) mass is 377 g/mol. The number of hydrogen-bond donors (Lipinski definition) is 2. The largest absolute Gasteiger partial charge is 0.497 e. The molecule has 3 rings (SSSR count). The molecule has 0 aliphatic heterocycles. The van der Waals surface area contributed by atoms with E-state index in [-0.39, 0.29) is 4.90 Å². The third-order valence-corrected chi connectivity index (χ3v) is 5.49. The number of sulfone groups is 1. The van der Waals surface area contributed by atoms with E-state index in [1.165, 1.54) is 35.6 Å². The van der Waals surface area contributed by atoms with Crippen LogP contribution in [0.4, 0.5) is 5.13 Å². The lowest BCUT2D eigenvalue weighted by atomic mass is 10.2. The van der Waals surface area contributed by atoms with E-state index in [1.807, 2.05) is 18.2 Å². The first kappa shape index (κ1) is 17.2. The van der Waals surface area contributed by atoms with Crippen LogP contribution in [0.5, 0.6) is 5.75 Å². The van der Waals surface area contributed by atoms with E-state index in [2.05, 4.69) is 15.8 Å². The van der Waals surface area contributed by atoms with Gasteiger partial charge in [0.1, 0.15) is 5.75 Å². The van der Waals surface area contributed by atoms with Gasteiger partial charge in [-0.1, -0.05) is 11.3 Å². The summed E-state index contributed by atoms with van der Waals surface area (Å²) in [5.74, 6) is 0.342. The first-order valence-corrected chi connectivity index (χ1v) is 9.88. The number of thiazole rings is 1. The quantitative estimate of drug-likeness (QED) is 0.663. The zero-order valence-corrected chi connectivity index (χ0v) is 15.1. The molecule has 7 nitrogen and oxygen atoms in total. The molecule has 0 fully saturated rings. The number of fused-ring (bicyclic) bond motifs is 1. The first-order valence-electron chi connectivity index (χ1n) is 7.18. The van der Waals surface area contributed by atoms with Gasteiger partial charge in [-0.15, -0.1) is 0 Å². The van der Waals surface area contributed by atoms with Gasteiger partial charge in [0.25, 0.3) is 5.91 Å². The average molecular weight is 377 g/mol. The Hall–Kier alpha value is -2.65. The molecule has 1 heterocycles. The highest BCUT2D eigenvalue weighted by Gasteiger charge is 2.11. The second-order valence-corrected chi connectivity index (χ2v) is 8.27. The highest BCUT2D eigenvalue weighted by molar-refractivity contribution is 7.90. The van der Waals surface area contributed by atoms with Crippen molar-refractivity contribution in [3.05, 3.63) is 48.0 Å². The number of hydrogen-bond acceptors (Lipinski definition) is 7. The Morgan fingerprint density at radius 2 is 1.88 bits per heavy atom. The summed E-state index contributed by atoms with van der Waals surface area (Å²) in [6, 6.07) is 11.2. The highest BCUT2D eigenvalue weighted by atomic mass is 32.2. The summed E-state index contributed by atoms with van der Waals surface area (Å²) in [7, 11) is -1.69. The van der Waals surface area contributed by atoms with Crippen molar-refractivity contribution in [3.63, 3.8) is 0 Å². The standard InChI is InChI=1S/C16H15N3O4S2/c1-23-11-5-8-13-14(9-11)24-16(17-13)19-18-15(20)10-3-6-12(7-4-10)25(2,21)22/h3-9H,1-2H3,(H,17,19)(H,18,20). The predicted octanol–water partition coefficient (Wildman–Crippen LogP) is 2.47. The number of ether oxygens (including phenoxy) is 1. The molecule has 1 amide bonds. The third kappa shape index (κ3) is 3.89. The van der Waals surface area contributed by atoms with E-state index in [9.17, 15) is 13.2 Å². The maximum absolute atomic E-state index is 12.1. The molecule has 1 aromatic heterocycles. The molecular formula is C16H15N3O4S2. The Kier molecular flexibility index (Phi) is 4.60. The van der Waals surface area contributed by atoms with Crippen LogP contribution in [0, 0.1) is 0 Å². The molecule has 0 aliphatic carbocycles. The molecule has 0 saturated heterocycles. The number of benzene rings is 2. The summed E-state index contributed by atoms with van der Waals surface area (Å²) in [5.41, 5.74) is 6.43. The van der Waals surface area contributed by atoms with Gasteiger partial charge < -0.3 is 4.74 Å². The number of carbonyl (C=O) groups excluding carboxylic acids is 1. The van der Waals surface area contributed by atoms with Crippen LogP contribution < -0.4 is 15.6 Å². The smallest absolute Gasteiger partial charge is 0.269 e. The van der Waals surface area contributed by atoms with Gasteiger partial charge in [-0.05, 0) is 42.5 Å².